The molecule has 0 N–H and O–H groups in total. The van der Waals surface area contributed by atoms with Crippen LogP contribution < -0.4 is 0 Å². The van der Waals surface area contributed by atoms with E-state index in [2.05, 4.69) is 13.8 Å². The van der Waals surface area contributed by atoms with Gasteiger partial charge >= 0.3 is 11.9 Å². The maximum absolute atomic E-state index is 12.7. The standard InChI is InChI=1S/C28H46O5/c1-4-6-8-9-10-11-12-13-16-21-32-27(29)25-18-14-15-19-26(25)28(30)33-23-24(17-7-5-2)20-22-31-3/h14-15,18-19,24H,4-13,16-17,20-23H2,1-3H3. The highest BCUT2D eigenvalue weighted by molar-refractivity contribution is 6.03. The first kappa shape index (κ1) is 29.2. The zero-order valence-electron chi connectivity index (χ0n) is 21.2. The molecule has 0 radical (unpaired) electrons. The van der Waals surface area contributed by atoms with Crippen molar-refractivity contribution < 1.29 is 23.8 Å². The molecule has 0 aromatic heterocycles. The monoisotopic (exact) mass is 462 g/mol. The van der Waals surface area contributed by atoms with Crippen molar-refractivity contribution in [2.45, 2.75) is 97.3 Å². The van der Waals surface area contributed by atoms with Crippen molar-refractivity contribution in [2.24, 2.45) is 5.92 Å². The van der Waals surface area contributed by atoms with Gasteiger partial charge in [-0.25, -0.2) is 9.59 Å². The molecule has 0 spiro atoms. The molecule has 188 valence electrons. The first-order chi connectivity index (χ1) is 16.1. The third kappa shape index (κ3) is 13.4. The number of methoxy groups -OCH3 is 1. The van der Waals surface area contributed by atoms with Crippen LogP contribution in [0.3, 0.4) is 0 Å². The summed E-state index contributed by atoms with van der Waals surface area (Å²) < 4.78 is 16.2. The van der Waals surface area contributed by atoms with Crippen molar-refractivity contribution in [3.63, 3.8) is 0 Å². The topological polar surface area (TPSA) is 61.8 Å². The molecule has 0 aliphatic carbocycles. The Kier molecular flexibility index (Phi) is 17.3. The quantitative estimate of drug-likeness (QED) is 0.149. The van der Waals surface area contributed by atoms with E-state index in [0.29, 0.717) is 19.8 Å². The zero-order chi connectivity index (χ0) is 24.2. The minimum Gasteiger partial charge on any atom is -0.462 e. The highest BCUT2D eigenvalue weighted by atomic mass is 16.5. The average molecular weight is 463 g/mol. The number of hydrogen-bond donors (Lipinski definition) is 0. The maximum Gasteiger partial charge on any atom is 0.339 e. The summed E-state index contributed by atoms with van der Waals surface area (Å²) in [5.74, 6) is -0.659. The van der Waals surface area contributed by atoms with Gasteiger partial charge in [-0.05, 0) is 37.3 Å². The van der Waals surface area contributed by atoms with Crippen LogP contribution in [0.25, 0.3) is 0 Å². The molecule has 0 bridgehead atoms. The van der Waals surface area contributed by atoms with Crippen LogP contribution in [0.2, 0.25) is 0 Å². The zero-order valence-corrected chi connectivity index (χ0v) is 21.2. The normalized spacial score (nSPS) is 11.8. The Morgan fingerprint density at radius 2 is 1.24 bits per heavy atom. The second kappa shape index (κ2) is 19.6. The molecule has 1 aromatic rings. The SMILES string of the molecule is CCCCCCCCCCCOC(=O)c1ccccc1C(=O)OCC(CCCC)CCOC. The summed E-state index contributed by atoms with van der Waals surface area (Å²) >= 11 is 0. The molecule has 0 aliphatic heterocycles. The van der Waals surface area contributed by atoms with Crippen LogP contribution in [0.15, 0.2) is 24.3 Å². The van der Waals surface area contributed by atoms with Gasteiger partial charge in [0.15, 0.2) is 0 Å². The third-order valence-corrected chi connectivity index (χ3v) is 5.99. The Morgan fingerprint density at radius 3 is 1.82 bits per heavy atom. The molecule has 0 saturated carbocycles. The Labute approximate surface area is 201 Å². The van der Waals surface area contributed by atoms with Gasteiger partial charge in [-0.3, -0.25) is 0 Å². The fraction of sp³-hybridized carbons (Fsp3) is 0.714. The minimum atomic E-state index is -0.468. The maximum atomic E-state index is 12.7. The van der Waals surface area contributed by atoms with Crippen molar-refractivity contribution in [2.75, 3.05) is 26.9 Å². The Hall–Kier alpha value is -1.88. The predicted octanol–water partition coefficient (Wildman–Crippen LogP) is 7.37. The molecule has 0 aliphatic rings. The molecule has 0 saturated heterocycles. The predicted molar refractivity (Wildman–Crippen MR) is 134 cm³/mol. The Bertz CT molecular complexity index is 635. The molecule has 5 heteroatoms. The van der Waals surface area contributed by atoms with E-state index >= 15 is 0 Å². The second-order valence-electron chi connectivity index (χ2n) is 8.90. The van der Waals surface area contributed by atoms with Gasteiger partial charge in [-0.1, -0.05) is 90.2 Å². The van der Waals surface area contributed by atoms with Crippen molar-refractivity contribution in [1.82, 2.24) is 0 Å². The largest absolute Gasteiger partial charge is 0.462 e. The lowest BCUT2D eigenvalue weighted by atomic mass is 10.00. The molecule has 1 aromatic carbocycles. The number of carbonyl (C=O) groups excluding carboxylic acids is 2. The molecule has 0 fully saturated rings. The van der Waals surface area contributed by atoms with Crippen molar-refractivity contribution in [3.8, 4) is 0 Å². The highest BCUT2D eigenvalue weighted by Gasteiger charge is 2.20. The number of esters is 2. The summed E-state index contributed by atoms with van der Waals surface area (Å²) in [6.45, 7) is 5.75. The van der Waals surface area contributed by atoms with Crippen molar-refractivity contribution in [3.05, 3.63) is 35.4 Å². The van der Waals surface area contributed by atoms with E-state index in [1.807, 2.05) is 0 Å². The summed E-state index contributed by atoms with van der Waals surface area (Å²) in [5, 5.41) is 0. The Morgan fingerprint density at radius 1 is 0.697 bits per heavy atom. The van der Waals surface area contributed by atoms with Crippen LogP contribution in [-0.4, -0.2) is 38.9 Å². The van der Waals surface area contributed by atoms with E-state index < -0.39 is 11.9 Å². The number of hydrogen-bond acceptors (Lipinski definition) is 5. The average Bonchev–Trinajstić information content (AvgIpc) is 2.84. The third-order valence-electron chi connectivity index (χ3n) is 5.99. The van der Waals surface area contributed by atoms with Gasteiger partial charge in [0.2, 0.25) is 0 Å². The molecule has 1 unspecified atom stereocenters. The molecular formula is C28H46O5. The smallest absolute Gasteiger partial charge is 0.339 e. The lowest BCUT2D eigenvalue weighted by molar-refractivity contribution is 0.0381. The van der Waals surface area contributed by atoms with Gasteiger partial charge < -0.3 is 14.2 Å². The summed E-state index contributed by atoms with van der Waals surface area (Å²) in [4.78, 5) is 25.3. The molecule has 0 amide bonds. The van der Waals surface area contributed by atoms with Crippen LogP contribution in [0.4, 0.5) is 0 Å². The lowest BCUT2D eigenvalue weighted by Crippen LogP contribution is -2.19. The summed E-state index contributed by atoms with van der Waals surface area (Å²) in [7, 11) is 1.68. The minimum absolute atomic E-state index is 0.264. The van der Waals surface area contributed by atoms with Gasteiger partial charge in [0, 0.05) is 13.7 Å². The van der Waals surface area contributed by atoms with E-state index in [9.17, 15) is 9.59 Å². The summed E-state index contributed by atoms with van der Waals surface area (Å²) in [6, 6.07) is 6.75. The van der Waals surface area contributed by atoms with E-state index in [4.69, 9.17) is 14.2 Å². The van der Waals surface area contributed by atoms with E-state index in [0.717, 1.165) is 38.5 Å². The molecule has 0 heterocycles. The first-order valence-electron chi connectivity index (χ1n) is 13.1. The van der Waals surface area contributed by atoms with Crippen LogP contribution in [0.5, 0.6) is 0 Å². The van der Waals surface area contributed by atoms with Crippen LogP contribution >= 0.6 is 0 Å². The number of rotatable bonds is 20. The molecular weight excluding hydrogens is 416 g/mol. The van der Waals surface area contributed by atoms with E-state index in [1.165, 1.54) is 44.9 Å². The van der Waals surface area contributed by atoms with E-state index in [-0.39, 0.29) is 17.0 Å². The van der Waals surface area contributed by atoms with Gasteiger partial charge in [-0.15, -0.1) is 0 Å². The molecule has 33 heavy (non-hydrogen) atoms. The Balaban J connectivity index is 2.42. The second-order valence-corrected chi connectivity index (χ2v) is 8.90. The van der Waals surface area contributed by atoms with Gasteiger partial charge in [0.1, 0.15) is 0 Å². The number of carbonyl (C=O) groups is 2. The number of benzene rings is 1. The van der Waals surface area contributed by atoms with Gasteiger partial charge in [-0.2, -0.15) is 0 Å². The first-order valence-corrected chi connectivity index (χ1v) is 13.1. The summed E-state index contributed by atoms with van der Waals surface area (Å²) in [6.07, 6.45) is 14.9. The van der Waals surface area contributed by atoms with Crippen molar-refractivity contribution in [1.29, 1.82) is 0 Å². The highest BCUT2D eigenvalue weighted by Crippen LogP contribution is 2.17. The molecule has 1 atom stereocenters. The van der Waals surface area contributed by atoms with E-state index in [1.54, 1.807) is 31.4 Å². The van der Waals surface area contributed by atoms with Gasteiger partial charge in [0.05, 0.1) is 24.3 Å². The molecule has 5 nitrogen and oxygen atoms in total. The van der Waals surface area contributed by atoms with Crippen LogP contribution in [0, 0.1) is 5.92 Å². The number of unbranched alkanes of at least 4 members (excludes halogenated alkanes) is 9. The molecule has 1 rings (SSSR count). The fourth-order valence-electron chi connectivity index (χ4n) is 3.85. The van der Waals surface area contributed by atoms with Crippen LogP contribution in [-0.2, 0) is 14.2 Å². The summed E-state index contributed by atoms with van der Waals surface area (Å²) in [5.41, 5.74) is 0.552. The van der Waals surface area contributed by atoms with Crippen molar-refractivity contribution >= 4 is 11.9 Å². The fourth-order valence-corrected chi connectivity index (χ4v) is 3.85. The number of ether oxygens (including phenoxy) is 3. The van der Waals surface area contributed by atoms with Gasteiger partial charge in [0.25, 0.3) is 0 Å². The van der Waals surface area contributed by atoms with Crippen LogP contribution in [0.1, 0.15) is 118 Å². The lowest BCUT2D eigenvalue weighted by Gasteiger charge is -2.17.